The molecule has 21 heavy (non-hydrogen) atoms. The fourth-order valence-corrected chi connectivity index (χ4v) is 2.07. The van der Waals surface area contributed by atoms with Crippen LogP contribution >= 0.6 is 0 Å². The molecule has 0 radical (unpaired) electrons. The Morgan fingerprint density at radius 3 is 2.33 bits per heavy atom. The first-order valence-electron chi connectivity index (χ1n) is 7.33. The molecule has 0 amide bonds. The van der Waals surface area contributed by atoms with Gasteiger partial charge in [-0.2, -0.15) is 0 Å². The third-order valence-electron chi connectivity index (χ3n) is 3.94. The average Bonchev–Trinajstić information content (AvgIpc) is 2.44. The Hall–Kier alpha value is -1.84. The topological polar surface area (TPSA) is 63.6 Å². The summed E-state index contributed by atoms with van der Waals surface area (Å²) in [6, 6.07) is 6.12. The minimum absolute atomic E-state index is 0.0268. The van der Waals surface area contributed by atoms with E-state index in [-0.39, 0.29) is 22.6 Å². The number of carbonyl (C=O) groups is 2. The highest BCUT2D eigenvalue weighted by molar-refractivity contribution is 6.02. The van der Waals surface area contributed by atoms with Crippen molar-refractivity contribution in [3.05, 3.63) is 35.4 Å². The Morgan fingerprint density at radius 1 is 1.24 bits per heavy atom. The molecule has 0 bridgehead atoms. The molecule has 0 aliphatic heterocycles. The van der Waals surface area contributed by atoms with Crippen LogP contribution in [0.15, 0.2) is 24.3 Å². The number of carboxylic acids is 1. The Balaban J connectivity index is 2.84. The number of carboxylic acid groups (broad SMARTS) is 1. The summed E-state index contributed by atoms with van der Waals surface area (Å²) in [5, 5.41) is 9.12. The first kappa shape index (κ1) is 17.2. The summed E-state index contributed by atoms with van der Waals surface area (Å²) in [5.74, 6) is -1.70. The fraction of sp³-hybridized carbons (Fsp3) is 0.529. The van der Waals surface area contributed by atoms with Gasteiger partial charge in [-0.15, -0.1) is 0 Å². The first-order valence-corrected chi connectivity index (χ1v) is 7.33. The molecule has 4 nitrogen and oxygen atoms in total. The summed E-state index contributed by atoms with van der Waals surface area (Å²) in [4.78, 5) is 23.4. The molecule has 1 rings (SSSR count). The zero-order chi connectivity index (χ0) is 16.0. The van der Waals surface area contributed by atoms with Crippen LogP contribution in [0.5, 0.6) is 0 Å². The number of hydrogen-bond acceptors (Lipinski definition) is 3. The van der Waals surface area contributed by atoms with E-state index in [0.717, 1.165) is 19.3 Å². The Bertz CT molecular complexity index is 505. The van der Waals surface area contributed by atoms with Crippen LogP contribution in [0, 0.1) is 5.41 Å². The molecule has 0 saturated carbocycles. The second-order valence-electron chi connectivity index (χ2n) is 5.99. The van der Waals surface area contributed by atoms with Gasteiger partial charge in [-0.25, -0.2) is 9.59 Å². The van der Waals surface area contributed by atoms with E-state index in [2.05, 4.69) is 20.8 Å². The molecule has 1 aromatic carbocycles. The normalized spacial score (nSPS) is 12.8. The van der Waals surface area contributed by atoms with Gasteiger partial charge in [0.15, 0.2) is 0 Å². The van der Waals surface area contributed by atoms with E-state index in [0.29, 0.717) is 0 Å². The third kappa shape index (κ3) is 4.59. The van der Waals surface area contributed by atoms with Crippen LogP contribution in [-0.2, 0) is 4.74 Å². The van der Waals surface area contributed by atoms with Crippen molar-refractivity contribution in [3.63, 3.8) is 0 Å². The van der Waals surface area contributed by atoms with Gasteiger partial charge in [-0.3, -0.25) is 0 Å². The predicted octanol–water partition coefficient (Wildman–Crippen LogP) is 4.15. The van der Waals surface area contributed by atoms with Gasteiger partial charge in [0, 0.05) is 5.41 Å². The van der Waals surface area contributed by atoms with Gasteiger partial charge in [0.25, 0.3) is 0 Å². The summed E-state index contributed by atoms with van der Waals surface area (Å²) >= 11 is 0. The van der Waals surface area contributed by atoms with Crippen molar-refractivity contribution in [2.24, 2.45) is 5.41 Å². The van der Waals surface area contributed by atoms with Crippen molar-refractivity contribution < 1.29 is 19.4 Å². The number of hydrogen-bond donors (Lipinski definition) is 1. The van der Waals surface area contributed by atoms with E-state index >= 15 is 0 Å². The highest BCUT2D eigenvalue weighted by Gasteiger charge is 2.29. The van der Waals surface area contributed by atoms with E-state index in [4.69, 9.17) is 9.84 Å². The predicted molar refractivity (Wildman–Crippen MR) is 81.6 cm³/mol. The van der Waals surface area contributed by atoms with Gasteiger partial charge >= 0.3 is 11.9 Å². The maximum atomic E-state index is 12.2. The number of unbranched alkanes of at least 4 members (excludes halogenated alkanes) is 1. The number of rotatable bonds is 7. The SMILES string of the molecule is CCCCC(C)(C)C(C)OC(=O)c1ccccc1C(=O)O. The largest absolute Gasteiger partial charge is 0.478 e. The highest BCUT2D eigenvalue weighted by Crippen LogP contribution is 2.30. The van der Waals surface area contributed by atoms with Crippen LogP contribution in [0.1, 0.15) is 67.7 Å². The van der Waals surface area contributed by atoms with Gasteiger partial charge < -0.3 is 9.84 Å². The molecule has 1 unspecified atom stereocenters. The smallest absolute Gasteiger partial charge is 0.339 e. The van der Waals surface area contributed by atoms with Crippen LogP contribution in [0.2, 0.25) is 0 Å². The van der Waals surface area contributed by atoms with Crippen molar-refractivity contribution in [3.8, 4) is 0 Å². The van der Waals surface area contributed by atoms with Gasteiger partial charge in [-0.1, -0.05) is 45.7 Å². The van der Waals surface area contributed by atoms with Gasteiger partial charge in [-0.05, 0) is 25.5 Å². The van der Waals surface area contributed by atoms with Gasteiger partial charge in [0.05, 0.1) is 11.1 Å². The zero-order valence-electron chi connectivity index (χ0n) is 13.2. The lowest BCUT2D eigenvalue weighted by Crippen LogP contribution is -2.32. The standard InChI is InChI=1S/C17H24O4/c1-5-6-11-17(3,4)12(2)21-16(20)14-10-8-7-9-13(14)15(18)19/h7-10,12H,5-6,11H2,1-4H3,(H,18,19). The monoisotopic (exact) mass is 292 g/mol. The Morgan fingerprint density at radius 2 is 1.81 bits per heavy atom. The zero-order valence-corrected chi connectivity index (χ0v) is 13.2. The van der Waals surface area contributed by atoms with Crippen LogP contribution in [0.4, 0.5) is 0 Å². The fourth-order valence-electron chi connectivity index (χ4n) is 2.07. The molecule has 0 spiro atoms. The minimum Gasteiger partial charge on any atom is -0.478 e. The molecule has 1 aromatic rings. The molecule has 0 fully saturated rings. The number of esters is 1. The summed E-state index contributed by atoms with van der Waals surface area (Å²) in [7, 11) is 0. The highest BCUT2D eigenvalue weighted by atomic mass is 16.5. The minimum atomic E-state index is -1.12. The van der Waals surface area contributed by atoms with Gasteiger partial charge in [0.2, 0.25) is 0 Å². The lowest BCUT2D eigenvalue weighted by molar-refractivity contribution is -0.00335. The van der Waals surface area contributed by atoms with E-state index in [9.17, 15) is 9.59 Å². The van der Waals surface area contributed by atoms with Crippen molar-refractivity contribution in [2.75, 3.05) is 0 Å². The Kier molecular flexibility index (Phi) is 5.94. The van der Waals surface area contributed by atoms with E-state index in [1.165, 1.54) is 12.1 Å². The quantitative estimate of drug-likeness (QED) is 0.767. The van der Waals surface area contributed by atoms with Crippen molar-refractivity contribution in [2.45, 2.75) is 53.1 Å². The molecular weight excluding hydrogens is 268 g/mol. The summed E-state index contributed by atoms with van der Waals surface area (Å²) in [5.41, 5.74) is -0.0617. The van der Waals surface area contributed by atoms with Gasteiger partial charge in [0.1, 0.15) is 6.10 Å². The average molecular weight is 292 g/mol. The van der Waals surface area contributed by atoms with Crippen molar-refractivity contribution in [1.29, 1.82) is 0 Å². The Labute approximate surface area is 126 Å². The van der Waals surface area contributed by atoms with Crippen LogP contribution in [0.25, 0.3) is 0 Å². The molecule has 1 atom stereocenters. The summed E-state index contributed by atoms with van der Waals surface area (Å²) in [6.45, 7) is 8.10. The lowest BCUT2D eigenvalue weighted by Gasteiger charge is -2.31. The van der Waals surface area contributed by atoms with Crippen LogP contribution in [-0.4, -0.2) is 23.1 Å². The first-order chi connectivity index (χ1) is 9.79. The number of carbonyl (C=O) groups excluding carboxylic acids is 1. The second-order valence-corrected chi connectivity index (χ2v) is 5.99. The number of aromatic carboxylic acids is 1. The van der Waals surface area contributed by atoms with E-state index < -0.39 is 11.9 Å². The van der Waals surface area contributed by atoms with E-state index in [1.54, 1.807) is 12.1 Å². The number of benzene rings is 1. The number of ether oxygens (including phenoxy) is 1. The summed E-state index contributed by atoms with van der Waals surface area (Å²) < 4.78 is 5.49. The summed E-state index contributed by atoms with van der Waals surface area (Å²) in [6.07, 6.45) is 2.84. The van der Waals surface area contributed by atoms with Crippen molar-refractivity contribution >= 4 is 11.9 Å². The molecule has 0 aliphatic carbocycles. The molecule has 0 aliphatic rings. The molecule has 1 N–H and O–H groups in total. The lowest BCUT2D eigenvalue weighted by atomic mass is 9.82. The molecular formula is C17H24O4. The maximum absolute atomic E-state index is 12.2. The third-order valence-corrected chi connectivity index (χ3v) is 3.94. The van der Waals surface area contributed by atoms with Crippen LogP contribution < -0.4 is 0 Å². The molecule has 4 heteroatoms. The molecule has 0 aromatic heterocycles. The van der Waals surface area contributed by atoms with Crippen molar-refractivity contribution in [1.82, 2.24) is 0 Å². The van der Waals surface area contributed by atoms with Crippen LogP contribution in [0.3, 0.4) is 0 Å². The molecule has 116 valence electrons. The molecule has 0 heterocycles. The maximum Gasteiger partial charge on any atom is 0.339 e. The second kappa shape index (κ2) is 7.25. The molecule has 0 saturated heterocycles. The van der Waals surface area contributed by atoms with E-state index in [1.807, 2.05) is 6.92 Å².